The number of nitrogens with one attached hydrogen (secondary N) is 1. The fraction of sp³-hybridized carbons (Fsp3) is 0.222. The first-order chi connectivity index (χ1) is 11.2. The zero-order valence-corrected chi connectivity index (χ0v) is 13.0. The molecule has 1 heterocycles. The summed E-state index contributed by atoms with van der Waals surface area (Å²) in [5.41, 5.74) is 1.72. The predicted molar refractivity (Wildman–Crippen MR) is 86.3 cm³/mol. The number of imide groups is 1. The van der Waals surface area contributed by atoms with Crippen LogP contribution in [0.15, 0.2) is 54.6 Å². The monoisotopic (exact) mass is 311 g/mol. The number of amides is 2. The predicted octanol–water partition coefficient (Wildman–Crippen LogP) is 0.653. The van der Waals surface area contributed by atoms with Crippen molar-refractivity contribution in [2.75, 3.05) is 25.1 Å². The topological polar surface area (TPSA) is 51.0 Å². The van der Waals surface area contributed by atoms with Gasteiger partial charge in [-0.3, -0.25) is 9.59 Å². The molecule has 0 bridgehead atoms. The molecule has 5 heteroatoms. The molecule has 118 valence electrons. The van der Waals surface area contributed by atoms with Crippen molar-refractivity contribution in [1.82, 2.24) is 0 Å². The summed E-state index contributed by atoms with van der Waals surface area (Å²) in [7, 11) is 1.58. The second-order valence-electron chi connectivity index (χ2n) is 5.59. The normalized spacial score (nSPS) is 15.8. The SMILES string of the molecule is COc1ccc(N2C(=O)C[NH+](Cc3ccccc3)CC2=O)cc1. The zero-order valence-electron chi connectivity index (χ0n) is 13.0. The van der Waals surface area contributed by atoms with Gasteiger partial charge in [0.15, 0.2) is 13.1 Å². The first-order valence-electron chi connectivity index (χ1n) is 7.54. The third-order valence-corrected chi connectivity index (χ3v) is 3.93. The Morgan fingerprint density at radius 3 is 2.13 bits per heavy atom. The lowest BCUT2D eigenvalue weighted by Gasteiger charge is -2.30. The van der Waals surface area contributed by atoms with Gasteiger partial charge in [-0.05, 0) is 24.3 Å². The molecule has 2 aromatic rings. The van der Waals surface area contributed by atoms with E-state index in [0.29, 0.717) is 31.1 Å². The first kappa shape index (κ1) is 15.2. The van der Waals surface area contributed by atoms with Crippen LogP contribution < -0.4 is 14.5 Å². The molecule has 2 amide bonds. The molecule has 0 radical (unpaired) electrons. The van der Waals surface area contributed by atoms with Crippen molar-refractivity contribution in [1.29, 1.82) is 0 Å². The minimum atomic E-state index is -0.169. The van der Waals surface area contributed by atoms with Gasteiger partial charge in [0.25, 0.3) is 11.8 Å². The van der Waals surface area contributed by atoms with E-state index in [9.17, 15) is 9.59 Å². The van der Waals surface area contributed by atoms with Crippen LogP contribution >= 0.6 is 0 Å². The number of hydrogen-bond donors (Lipinski definition) is 1. The number of nitrogens with zero attached hydrogens (tertiary/aromatic N) is 1. The van der Waals surface area contributed by atoms with Gasteiger partial charge in [0.05, 0.1) is 12.8 Å². The molecule has 0 atom stereocenters. The molecule has 1 fully saturated rings. The third-order valence-electron chi connectivity index (χ3n) is 3.93. The molecule has 0 unspecified atom stereocenters. The Morgan fingerprint density at radius 1 is 0.957 bits per heavy atom. The quantitative estimate of drug-likeness (QED) is 0.844. The number of quaternary nitrogens is 1. The molecule has 2 aromatic carbocycles. The Morgan fingerprint density at radius 2 is 1.57 bits per heavy atom. The van der Waals surface area contributed by atoms with E-state index in [1.54, 1.807) is 31.4 Å². The van der Waals surface area contributed by atoms with Gasteiger partial charge >= 0.3 is 0 Å². The number of carbonyl (C=O) groups excluding carboxylic acids is 2. The summed E-state index contributed by atoms with van der Waals surface area (Å²) in [4.78, 5) is 27.1. The maximum atomic E-state index is 12.4. The molecule has 1 aliphatic heterocycles. The number of rotatable bonds is 4. The average Bonchev–Trinajstić information content (AvgIpc) is 2.56. The van der Waals surface area contributed by atoms with Gasteiger partial charge in [-0.25, -0.2) is 4.90 Å². The second-order valence-corrected chi connectivity index (χ2v) is 5.59. The van der Waals surface area contributed by atoms with Crippen molar-refractivity contribution in [3.8, 4) is 5.75 Å². The smallest absolute Gasteiger partial charge is 0.289 e. The number of ether oxygens (including phenoxy) is 1. The summed E-state index contributed by atoms with van der Waals surface area (Å²) in [5.74, 6) is 0.358. The number of piperazine rings is 1. The maximum absolute atomic E-state index is 12.4. The number of anilines is 1. The Balaban J connectivity index is 1.72. The highest BCUT2D eigenvalue weighted by molar-refractivity contribution is 6.16. The van der Waals surface area contributed by atoms with E-state index in [1.807, 2.05) is 30.3 Å². The van der Waals surface area contributed by atoms with Crippen molar-refractivity contribution in [2.45, 2.75) is 6.54 Å². The molecular formula is C18H19N2O3+. The Hall–Kier alpha value is -2.66. The Labute approximate surface area is 135 Å². The standard InChI is InChI=1S/C18H18N2O3/c1-23-16-9-7-15(8-10-16)20-17(21)12-19(13-18(20)22)11-14-5-3-2-4-6-14/h2-10H,11-13H2,1H3/p+1. The van der Waals surface area contributed by atoms with Crippen LogP contribution in [0.2, 0.25) is 0 Å². The van der Waals surface area contributed by atoms with E-state index in [2.05, 4.69) is 0 Å². The van der Waals surface area contributed by atoms with Gasteiger partial charge in [0.2, 0.25) is 0 Å². The molecule has 3 rings (SSSR count). The van der Waals surface area contributed by atoms with Crippen LogP contribution in [-0.4, -0.2) is 32.0 Å². The molecular weight excluding hydrogens is 292 g/mol. The highest BCUT2D eigenvalue weighted by atomic mass is 16.5. The summed E-state index contributed by atoms with van der Waals surface area (Å²) in [6.45, 7) is 1.30. The molecule has 0 aromatic heterocycles. The van der Waals surface area contributed by atoms with Crippen molar-refractivity contribution < 1.29 is 19.2 Å². The largest absolute Gasteiger partial charge is 0.497 e. The Kier molecular flexibility index (Phi) is 4.39. The summed E-state index contributed by atoms with van der Waals surface area (Å²) < 4.78 is 5.10. The lowest BCUT2D eigenvalue weighted by atomic mass is 10.1. The van der Waals surface area contributed by atoms with Crippen LogP contribution in [0.25, 0.3) is 0 Å². The van der Waals surface area contributed by atoms with Crippen molar-refractivity contribution in [2.24, 2.45) is 0 Å². The Bertz CT molecular complexity index is 680. The van der Waals surface area contributed by atoms with Crippen LogP contribution in [0.5, 0.6) is 5.75 Å². The fourth-order valence-electron chi connectivity index (χ4n) is 2.82. The molecule has 1 aliphatic rings. The van der Waals surface area contributed by atoms with Gasteiger partial charge < -0.3 is 9.64 Å². The zero-order chi connectivity index (χ0) is 16.2. The molecule has 5 nitrogen and oxygen atoms in total. The minimum absolute atomic E-state index is 0.169. The molecule has 1 saturated heterocycles. The van der Waals surface area contributed by atoms with Crippen molar-refractivity contribution >= 4 is 17.5 Å². The van der Waals surface area contributed by atoms with Crippen LogP contribution in [0, 0.1) is 0 Å². The summed E-state index contributed by atoms with van der Waals surface area (Å²) in [6.07, 6.45) is 0. The van der Waals surface area contributed by atoms with Crippen LogP contribution in [0.1, 0.15) is 5.56 Å². The lowest BCUT2D eigenvalue weighted by molar-refractivity contribution is -0.899. The van der Waals surface area contributed by atoms with Crippen LogP contribution in [-0.2, 0) is 16.1 Å². The number of methoxy groups -OCH3 is 1. The highest BCUT2D eigenvalue weighted by Gasteiger charge is 2.35. The fourth-order valence-corrected chi connectivity index (χ4v) is 2.82. The second kappa shape index (κ2) is 6.62. The minimum Gasteiger partial charge on any atom is -0.497 e. The molecule has 23 heavy (non-hydrogen) atoms. The van der Waals surface area contributed by atoms with Crippen molar-refractivity contribution in [3.05, 3.63) is 60.2 Å². The number of benzene rings is 2. The molecule has 0 aliphatic carbocycles. The van der Waals surface area contributed by atoms with E-state index < -0.39 is 0 Å². The molecule has 1 N–H and O–H groups in total. The van der Waals surface area contributed by atoms with E-state index in [-0.39, 0.29) is 11.8 Å². The van der Waals surface area contributed by atoms with Gasteiger partial charge in [0, 0.05) is 5.56 Å². The van der Waals surface area contributed by atoms with Crippen LogP contribution in [0.3, 0.4) is 0 Å². The van der Waals surface area contributed by atoms with Gasteiger partial charge in [0.1, 0.15) is 12.3 Å². The van der Waals surface area contributed by atoms with Gasteiger partial charge in [-0.2, -0.15) is 0 Å². The number of hydrogen-bond acceptors (Lipinski definition) is 3. The first-order valence-corrected chi connectivity index (χ1v) is 7.54. The summed E-state index contributed by atoms with van der Waals surface area (Å²) in [6, 6.07) is 16.9. The van der Waals surface area contributed by atoms with E-state index in [4.69, 9.17) is 4.74 Å². The van der Waals surface area contributed by atoms with Crippen molar-refractivity contribution in [3.63, 3.8) is 0 Å². The van der Waals surface area contributed by atoms with E-state index in [1.165, 1.54) is 4.90 Å². The lowest BCUT2D eigenvalue weighted by Crippen LogP contribution is -3.15. The average molecular weight is 311 g/mol. The molecule has 0 spiro atoms. The maximum Gasteiger partial charge on any atom is 0.289 e. The van der Waals surface area contributed by atoms with Gasteiger partial charge in [-0.15, -0.1) is 0 Å². The van der Waals surface area contributed by atoms with Crippen LogP contribution in [0.4, 0.5) is 5.69 Å². The molecule has 0 saturated carbocycles. The summed E-state index contributed by atoms with van der Waals surface area (Å²) in [5, 5.41) is 0. The van der Waals surface area contributed by atoms with Gasteiger partial charge in [-0.1, -0.05) is 30.3 Å². The summed E-state index contributed by atoms with van der Waals surface area (Å²) >= 11 is 0. The third kappa shape index (κ3) is 3.40. The number of carbonyl (C=O) groups is 2. The highest BCUT2D eigenvalue weighted by Crippen LogP contribution is 2.20. The van der Waals surface area contributed by atoms with E-state index >= 15 is 0 Å². The van der Waals surface area contributed by atoms with E-state index in [0.717, 1.165) is 10.5 Å².